The molecule has 4 heteroatoms. The third-order valence-electron chi connectivity index (χ3n) is 5.36. The van der Waals surface area contributed by atoms with Crippen LogP contribution in [0.15, 0.2) is 42.7 Å². The number of aliphatic hydroxyl groups is 1. The fourth-order valence-corrected chi connectivity index (χ4v) is 3.84. The Kier molecular flexibility index (Phi) is 4.60. The largest absolute Gasteiger partial charge is 0.380 e. The molecule has 134 valence electrons. The van der Waals surface area contributed by atoms with E-state index in [0.717, 1.165) is 36.5 Å². The van der Waals surface area contributed by atoms with Crippen molar-refractivity contribution in [2.24, 2.45) is 0 Å². The first-order valence-corrected chi connectivity index (χ1v) is 9.36. The maximum absolute atomic E-state index is 11.0. The average molecular weight is 347 g/mol. The van der Waals surface area contributed by atoms with Crippen LogP contribution in [-0.2, 0) is 19.4 Å². The molecule has 3 aromatic rings. The van der Waals surface area contributed by atoms with Crippen LogP contribution in [0.4, 0.5) is 0 Å². The van der Waals surface area contributed by atoms with Crippen molar-refractivity contribution in [3.63, 3.8) is 0 Å². The summed E-state index contributed by atoms with van der Waals surface area (Å²) in [6.07, 6.45) is 7.12. The van der Waals surface area contributed by atoms with E-state index in [2.05, 4.69) is 41.6 Å². The number of rotatable bonds is 4. The van der Waals surface area contributed by atoms with Gasteiger partial charge in [-0.25, -0.2) is 4.98 Å². The molecule has 0 amide bonds. The van der Waals surface area contributed by atoms with Gasteiger partial charge < -0.3 is 9.67 Å². The normalized spacial score (nSPS) is 14.9. The SMILES string of the molecule is Cc1ccc(C)c(Cn2c(C(O)c3ccncc3)nc3c2CCCC3)c1. The van der Waals surface area contributed by atoms with Crippen molar-refractivity contribution in [1.82, 2.24) is 14.5 Å². The minimum absolute atomic E-state index is 0.728. The highest BCUT2D eigenvalue weighted by Gasteiger charge is 2.25. The molecule has 1 aliphatic rings. The molecular formula is C22H25N3O. The van der Waals surface area contributed by atoms with Crippen LogP contribution < -0.4 is 0 Å². The zero-order chi connectivity index (χ0) is 18.1. The molecule has 26 heavy (non-hydrogen) atoms. The number of fused-ring (bicyclic) bond motifs is 1. The number of aryl methyl sites for hydroxylation is 3. The Bertz CT molecular complexity index is 915. The van der Waals surface area contributed by atoms with E-state index in [9.17, 15) is 5.11 Å². The fourth-order valence-electron chi connectivity index (χ4n) is 3.84. The molecule has 0 bridgehead atoms. The molecule has 2 aromatic heterocycles. The van der Waals surface area contributed by atoms with Gasteiger partial charge >= 0.3 is 0 Å². The topological polar surface area (TPSA) is 50.9 Å². The number of aromatic nitrogens is 3. The van der Waals surface area contributed by atoms with Gasteiger partial charge in [0.1, 0.15) is 11.9 Å². The van der Waals surface area contributed by atoms with Crippen molar-refractivity contribution in [3.05, 3.63) is 82.2 Å². The van der Waals surface area contributed by atoms with Gasteiger partial charge in [0, 0.05) is 24.6 Å². The summed E-state index contributed by atoms with van der Waals surface area (Å²) in [5.74, 6) is 0.754. The predicted octanol–water partition coefficient (Wildman–Crippen LogP) is 3.90. The van der Waals surface area contributed by atoms with Gasteiger partial charge in [-0.05, 0) is 68.4 Å². The molecule has 4 nitrogen and oxygen atoms in total. The Labute approximate surface area is 154 Å². The van der Waals surface area contributed by atoms with Gasteiger partial charge in [-0.15, -0.1) is 0 Å². The number of aliphatic hydroxyl groups excluding tert-OH is 1. The average Bonchev–Trinajstić information content (AvgIpc) is 3.03. The third-order valence-corrected chi connectivity index (χ3v) is 5.36. The Morgan fingerprint density at radius 3 is 2.65 bits per heavy atom. The summed E-state index contributed by atoms with van der Waals surface area (Å²) < 4.78 is 2.25. The molecule has 0 saturated heterocycles. The van der Waals surface area contributed by atoms with E-state index in [1.807, 2.05) is 12.1 Å². The quantitative estimate of drug-likeness (QED) is 0.779. The standard InChI is InChI=1S/C22H25N3O/c1-15-7-8-16(2)18(13-15)14-25-20-6-4-3-5-19(20)24-22(25)21(26)17-9-11-23-12-10-17/h7-13,21,26H,3-6,14H2,1-2H3. The molecular weight excluding hydrogens is 322 g/mol. The zero-order valence-electron chi connectivity index (χ0n) is 15.4. The predicted molar refractivity (Wildman–Crippen MR) is 102 cm³/mol. The first-order chi connectivity index (χ1) is 12.6. The highest BCUT2D eigenvalue weighted by Crippen LogP contribution is 2.29. The van der Waals surface area contributed by atoms with E-state index in [1.54, 1.807) is 12.4 Å². The zero-order valence-corrected chi connectivity index (χ0v) is 15.4. The van der Waals surface area contributed by atoms with E-state index in [1.165, 1.54) is 35.2 Å². The second-order valence-corrected chi connectivity index (χ2v) is 7.27. The Hall–Kier alpha value is -2.46. The van der Waals surface area contributed by atoms with Gasteiger partial charge in [0.15, 0.2) is 0 Å². The van der Waals surface area contributed by atoms with Gasteiger partial charge in [0.25, 0.3) is 0 Å². The molecule has 0 radical (unpaired) electrons. The Balaban J connectivity index is 1.79. The summed E-state index contributed by atoms with van der Waals surface area (Å²) in [4.78, 5) is 8.93. The maximum Gasteiger partial charge on any atom is 0.143 e. The monoisotopic (exact) mass is 347 g/mol. The lowest BCUT2D eigenvalue weighted by molar-refractivity contribution is 0.204. The van der Waals surface area contributed by atoms with Gasteiger partial charge in [-0.1, -0.05) is 23.8 Å². The third kappa shape index (κ3) is 3.17. The van der Waals surface area contributed by atoms with Crippen LogP contribution in [0, 0.1) is 13.8 Å². The van der Waals surface area contributed by atoms with Crippen molar-refractivity contribution in [2.75, 3.05) is 0 Å². The first-order valence-electron chi connectivity index (χ1n) is 9.36. The van der Waals surface area contributed by atoms with Crippen molar-refractivity contribution in [3.8, 4) is 0 Å². The van der Waals surface area contributed by atoms with Crippen molar-refractivity contribution in [1.29, 1.82) is 0 Å². The lowest BCUT2D eigenvalue weighted by atomic mass is 10.0. The number of imidazole rings is 1. The van der Waals surface area contributed by atoms with Gasteiger partial charge in [-0.3, -0.25) is 4.98 Å². The lowest BCUT2D eigenvalue weighted by Gasteiger charge is -2.19. The highest BCUT2D eigenvalue weighted by molar-refractivity contribution is 5.33. The molecule has 0 aliphatic heterocycles. The molecule has 1 aromatic carbocycles. The van der Waals surface area contributed by atoms with Crippen molar-refractivity contribution >= 4 is 0 Å². The lowest BCUT2D eigenvalue weighted by Crippen LogP contribution is -2.15. The van der Waals surface area contributed by atoms with Crippen LogP contribution >= 0.6 is 0 Å². The van der Waals surface area contributed by atoms with Crippen LogP contribution in [0.3, 0.4) is 0 Å². The second-order valence-electron chi connectivity index (χ2n) is 7.27. The molecule has 4 rings (SSSR count). The van der Waals surface area contributed by atoms with Crippen LogP contribution in [0.5, 0.6) is 0 Å². The summed E-state index contributed by atoms with van der Waals surface area (Å²) in [5.41, 5.74) is 7.11. The molecule has 0 spiro atoms. The van der Waals surface area contributed by atoms with Gasteiger partial charge in [0.05, 0.1) is 5.69 Å². The molecule has 0 saturated carbocycles. The Morgan fingerprint density at radius 2 is 1.85 bits per heavy atom. The number of hydrogen-bond donors (Lipinski definition) is 1. The fraction of sp³-hybridized carbons (Fsp3) is 0.364. The van der Waals surface area contributed by atoms with E-state index in [4.69, 9.17) is 4.98 Å². The summed E-state index contributed by atoms with van der Waals surface area (Å²) in [6, 6.07) is 10.3. The number of pyridine rings is 1. The summed E-state index contributed by atoms with van der Waals surface area (Å²) in [6.45, 7) is 5.03. The first kappa shape index (κ1) is 17.0. The van der Waals surface area contributed by atoms with Crippen molar-refractivity contribution in [2.45, 2.75) is 52.2 Å². The van der Waals surface area contributed by atoms with Gasteiger partial charge in [-0.2, -0.15) is 0 Å². The number of benzene rings is 1. The molecule has 1 unspecified atom stereocenters. The summed E-state index contributed by atoms with van der Waals surface area (Å²) >= 11 is 0. The number of nitrogens with zero attached hydrogens (tertiary/aromatic N) is 3. The molecule has 2 heterocycles. The minimum Gasteiger partial charge on any atom is -0.380 e. The maximum atomic E-state index is 11.0. The summed E-state index contributed by atoms with van der Waals surface area (Å²) in [7, 11) is 0. The van der Waals surface area contributed by atoms with E-state index < -0.39 is 6.10 Å². The van der Waals surface area contributed by atoms with Crippen LogP contribution in [-0.4, -0.2) is 19.6 Å². The van der Waals surface area contributed by atoms with E-state index >= 15 is 0 Å². The highest BCUT2D eigenvalue weighted by atomic mass is 16.3. The van der Waals surface area contributed by atoms with E-state index in [0.29, 0.717) is 0 Å². The molecule has 0 fully saturated rings. The Morgan fingerprint density at radius 1 is 1.08 bits per heavy atom. The second kappa shape index (κ2) is 7.04. The minimum atomic E-state index is -0.728. The molecule has 1 atom stereocenters. The van der Waals surface area contributed by atoms with Crippen LogP contribution in [0.2, 0.25) is 0 Å². The molecule has 1 aliphatic carbocycles. The van der Waals surface area contributed by atoms with Crippen LogP contribution in [0.1, 0.15) is 58.4 Å². The molecule has 1 N–H and O–H groups in total. The number of hydrogen-bond acceptors (Lipinski definition) is 3. The van der Waals surface area contributed by atoms with Crippen molar-refractivity contribution < 1.29 is 5.11 Å². The smallest absolute Gasteiger partial charge is 0.143 e. The summed E-state index contributed by atoms with van der Waals surface area (Å²) in [5, 5.41) is 11.0. The van der Waals surface area contributed by atoms with Crippen LogP contribution in [0.25, 0.3) is 0 Å². The van der Waals surface area contributed by atoms with E-state index in [-0.39, 0.29) is 0 Å². The van der Waals surface area contributed by atoms with Gasteiger partial charge in [0.2, 0.25) is 0 Å².